The molecule has 0 saturated carbocycles. The van der Waals surface area contributed by atoms with Crippen molar-refractivity contribution >= 4 is 0 Å². The zero-order valence-electron chi connectivity index (χ0n) is 11.7. The SMILES string of the molecule is CCNCc1cc(F)c(OCc2cccc(O)c2)c(F)c1. The summed E-state index contributed by atoms with van der Waals surface area (Å²) in [5.41, 5.74) is 1.15. The Hall–Kier alpha value is -2.14. The molecule has 0 aliphatic carbocycles. The van der Waals surface area contributed by atoms with Crippen LogP contribution in [0.25, 0.3) is 0 Å². The number of halogens is 2. The van der Waals surface area contributed by atoms with E-state index in [0.717, 1.165) is 6.54 Å². The molecule has 2 aromatic carbocycles. The van der Waals surface area contributed by atoms with Gasteiger partial charge in [0.15, 0.2) is 17.4 Å². The van der Waals surface area contributed by atoms with Crippen molar-refractivity contribution in [2.24, 2.45) is 0 Å². The maximum Gasteiger partial charge on any atom is 0.191 e. The molecule has 21 heavy (non-hydrogen) atoms. The van der Waals surface area contributed by atoms with Crippen molar-refractivity contribution < 1.29 is 18.6 Å². The van der Waals surface area contributed by atoms with E-state index in [0.29, 0.717) is 17.7 Å². The molecule has 112 valence electrons. The molecule has 0 saturated heterocycles. The molecular formula is C16H17F2NO2. The zero-order chi connectivity index (χ0) is 15.2. The molecule has 0 heterocycles. The number of hydrogen-bond acceptors (Lipinski definition) is 3. The number of nitrogens with one attached hydrogen (secondary N) is 1. The van der Waals surface area contributed by atoms with Crippen LogP contribution in [-0.4, -0.2) is 11.7 Å². The number of phenolic OH excluding ortho intramolecular Hbond substituents is 1. The van der Waals surface area contributed by atoms with Gasteiger partial charge >= 0.3 is 0 Å². The standard InChI is InChI=1S/C16H17F2NO2/c1-2-19-9-12-7-14(17)16(15(18)8-12)21-10-11-4-3-5-13(20)6-11/h3-8,19-20H,2,9-10H2,1H3. The van der Waals surface area contributed by atoms with Gasteiger partial charge in [-0.25, -0.2) is 8.78 Å². The van der Waals surface area contributed by atoms with Crippen LogP contribution in [0.2, 0.25) is 0 Å². The minimum absolute atomic E-state index is 0.0191. The molecule has 0 unspecified atom stereocenters. The fraction of sp³-hybridized carbons (Fsp3) is 0.250. The Morgan fingerprint density at radius 1 is 1.10 bits per heavy atom. The first kappa shape index (κ1) is 15.3. The Labute approximate surface area is 122 Å². The second-order valence-electron chi connectivity index (χ2n) is 4.63. The van der Waals surface area contributed by atoms with E-state index in [2.05, 4.69) is 5.32 Å². The summed E-state index contributed by atoms with van der Waals surface area (Å²) in [5.74, 6) is -1.79. The first-order chi connectivity index (χ1) is 10.1. The highest BCUT2D eigenvalue weighted by atomic mass is 19.1. The quantitative estimate of drug-likeness (QED) is 0.858. The van der Waals surface area contributed by atoms with E-state index in [1.807, 2.05) is 6.92 Å². The molecule has 0 spiro atoms. The molecule has 0 aliphatic heterocycles. The number of benzene rings is 2. The van der Waals surface area contributed by atoms with Gasteiger partial charge in [-0.3, -0.25) is 0 Å². The maximum absolute atomic E-state index is 13.9. The Kier molecular flexibility index (Phi) is 5.11. The molecule has 0 radical (unpaired) electrons. The summed E-state index contributed by atoms with van der Waals surface area (Å²) in [7, 11) is 0. The van der Waals surface area contributed by atoms with Gasteiger partial charge in [0, 0.05) is 6.54 Å². The van der Waals surface area contributed by atoms with E-state index < -0.39 is 17.4 Å². The van der Waals surface area contributed by atoms with Gasteiger partial charge in [0.05, 0.1) is 0 Å². The average Bonchev–Trinajstić information content (AvgIpc) is 2.44. The van der Waals surface area contributed by atoms with Crippen molar-refractivity contribution in [3.8, 4) is 11.5 Å². The summed E-state index contributed by atoms with van der Waals surface area (Å²) >= 11 is 0. The summed E-state index contributed by atoms with van der Waals surface area (Å²) < 4.78 is 32.9. The molecule has 0 aromatic heterocycles. The lowest BCUT2D eigenvalue weighted by molar-refractivity contribution is 0.273. The first-order valence-corrected chi connectivity index (χ1v) is 6.69. The molecular weight excluding hydrogens is 276 g/mol. The highest BCUT2D eigenvalue weighted by molar-refractivity contribution is 5.32. The van der Waals surface area contributed by atoms with Crippen LogP contribution in [-0.2, 0) is 13.2 Å². The maximum atomic E-state index is 13.9. The lowest BCUT2D eigenvalue weighted by Crippen LogP contribution is -2.12. The number of hydrogen-bond donors (Lipinski definition) is 2. The summed E-state index contributed by atoms with van der Waals surface area (Å²) in [6, 6.07) is 8.85. The third kappa shape index (κ3) is 4.16. The smallest absolute Gasteiger partial charge is 0.191 e. The minimum atomic E-state index is -0.733. The van der Waals surface area contributed by atoms with E-state index in [-0.39, 0.29) is 12.4 Å². The van der Waals surface area contributed by atoms with Gasteiger partial charge in [0.2, 0.25) is 0 Å². The predicted octanol–water partition coefficient (Wildman–Crippen LogP) is 3.36. The predicted molar refractivity (Wildman–Crippen MR) is 76.2 cm³/mol. The van der Waals surface area contributed by atoms with Crippen molar-refractivity contribution in [3.63, 3.8) is 0 Å². The fourth-order valence-corrected chi connectivity index (χ4v) is 1.92. The molecule has 0 atom stereocenters. The van der Waals surface area contributed by atoms with Crippen molar-refractivity contribution in [2.75, 3.05) is 6.54 Å². The number of aromatic hydroxyl groups is 1. The Morgan fingerprint density at radius 3 is 2.43 bits per heavy atom. The Balaban J connectivity index is 2.09. The molecule has 0 bridgehead atoms. The summed E-state index contributed by atoms with van der Waals surface area (Å²) in [6.45, 7) is 3.02. The van der Waals surface area contributed by atoms with E-state index in [1.54, 1.807) is 12.1 Å². The van der Waals surface area contributed by atoms with E-state index in [9.17, 15) is 13.9 Å². The molecule has 0 aliphatic rings. The fourth-order valence-electron chi connectivity index (χ4n) is 1.92. The van der Waals surface area contributed by atoms with Crippen LogP contribution in [0, 0.1) is 11.6 Å². The highest BCUT2D eigenvalue weighted by Gasteiger charge is 2.13. The van der Waals surface area contributed by atoms with Gasteiger partial charge in [-0.2, -0.15) is 0 Å². The van der Waals surface area contributed by atoms with Gasteiger partial charge in [-0.15, -0.1) is 0 Å². The molecule has 0 fully saturated rings. The van der Waals surface area contributed by atoms with Crippen LogP contribution in [0.1, 0.15) is 18.1 Å². The lowest BCUT2D eigenvalue weighted by Gasteiger charge is -2.11. The van der Waals surface area contributed by atoms with Gasteiger partial charge in [-0.05, 0) is 41.9 Å². The normalized spacial score (nSPS) is 10.6. The molecule has 2 N–H and O–H groups in total. The second kappa shape index (κ2) is 7.04. The number of rotatable bonds is 6. The first-order valence-electron chi connectivity index (χ1n) is 6.69. The molecule has 0 amide bonds. The van der Waals surface area contributed by atoms with Crippen molar-refractivity contribution in [3.05, 3.63) is 59.2 Å². The number of phenols is 1. The van der Waals surface area contributed by atoms with Gasteiger partial charge in [-0.1, -0.05) is 19.1 Å². The second-order valence-corrected chi connectivity index (χ2v) is 4.63. The van der Waals surface area contributed by atoms with Crippen LogP contribution in [0.15, 0.2) is 36.4 Å². The van der Waals surface area contributed by atoms with Crippen LogP contribution in [0.5, 0.6) is 11.5 Å². The van der Waals surface area contributed by atoms with Crippen molar-refractivity contribution in [2.45, 2.75) is 20.1 Å². The van der Waals surface area contributed by atoms with E-state index >= 15 is 0 Å². The minimum Gasteiger partial charge on any atom is -0.508 e. The van der Waals surface area contributed by atoms with Crippen molar-refractivity contribution in [1.82, 2.24) is 5.32 Å². The monoisotopic (exact) mass is 293 g/mol. The van der Waals surface area contributed by atoms with Gasteiger partial charge in [0.1, 0.15) is 12.4 Å². The molecule has 3 nitrogen and oxygen atoms in total. The van der Waals surface area contributed by atoms with Crippen molar-refractivity contribution in [1.29, 1.82) is 0 Å². The lowest BCUT2D eigenvalue weighted by atomic mass is 10.2. The summed E-state index contributed by atoms with van der Waals surface area (Å²) in [5, 5.41) is 12.3. The third-order valence-electron chi connectivity index (χ3n) is 2.93. The zero-order valence-corrected chi connectivity index (χ0v) is 11.7. The Bertz CT molecular complexity index is 594. The highest BCUT2D eigenvalue weighted by Crippen LogP contribution is 2.24. The van der Waals surface area contributed by atoms with Crippen LogP contribution in [0.4, 0.5) is 8.78 Å². The van der Waals surface area contributed by atoms with Crippen LogP contribution in [0.3, 0.4) is 0 Å². The summed E-state index contributed by atoms with van der Waals surface area (Å²) in [6.07, 6.45) is 0. The van der Waals surface area contributed by atoms with Crippen LogP contribution < -0.4 is 10.1 Å². The van der Waals surface area contributed by atoms with Gasteiger partial charge < -0.3 is 15.2 Å². The molecule has 5 heteroatoms. The van der Waals surface area contributed by atoms with E-state index in [4.69, 9.17) is 4.74 Å². The largest absolute Gasteiger partial charge is 0.508 e. The third-order valence-corrected chi connectivity index (χ3v) is 2.93. The Morgan fingerprint density at radius 2 is 1.81 bits per heavy atom. The molecule has 2 aromatic rings. The summed E-state index contributed by atoms with van der Waals surface area (Å²) in [4.78, 5) is 0. The molecule has 2 rings (SSSR count). The van der Waals surface area contributed by atoms with Gasteiger partial charge in [0.25, 0.3) is 0 Å². The average molecular weight is 293 g/mol. The number of ether oxygens (including phenoxy) is 1. The van der Waals surface area contributed by atoms with Crippen LogP contribution >= 0.6 is 0 Å². The van der Waals surface area contributed by atoms with E-state index in [1.165, 1.54) is 24.3 Å². The topological polar surface area (TPSA) is 41.5 Å².